The van der Waals surface area contributed by atoms with Gasteiger partial charge in [-0.25, -0.2) is 8.78 Å². The fraction of sp³-hybridized carbons (Fsp3) is 0. The van der Waals surface area contributed by atoms with Gasteiger partial charge >= 0.3 is 0 Å². The molecule has 0 aliphatic carbocycles. The molecule has 1 amide bonds. The van der Waals surface area contributed by atoms with E-state index in [9.17, 15) is 13.6 Å². The minimum Gasteiger partial charge on any atom is -0.321 e. The van der Waals surface area contributed by atoms with Crippen LogP contribution in [0, 0.1) is 23.0 Å². The van der Waals surface area contributed by atoms with Crippen molar-refractivity contribution >= 4 is 11.6 Å². The zero-order valence-corrected chi connectivity index (χ0v) is 9.52. The summed E-state index contributed by atoms with van der Waals surface area (Å²) in [5, 5.41) is 11.2. The molecule has 0 fully saturated rings. The summed E-state index contributed by atoms with van der Waals surface area (Å²) in [7, 11) is 0. The van der Waals surface area contributed by atoms with Crippen LogP contribution < -0.4 is 5.32 Å². The first-order valence-electron chi connectivity index (χ1n) is 5.22. The number of pyridine rings is 1. The summed E-state index contributed by atoms with van der Waals surface area (Å²) >= 11 is 0. The lowest BCUT2D eigenvalue weighted by atomic mass is 10.1. The molecule has 2 rings (SSSR count). The average molecular weight is 259 g/mol. The fourth-order valence-electron chi connectivity index (χ4n) is 1.47. The molecule has 4 nitrogen and oxygen atoms in total. The van der Waals surface area contributed by atoms with E-state index in [-0.39, 0.29) is 16.8 Å². The van der Waals surface area contributed by atoms with E-state index < -0.39 is 17.5 Å². The largest absolute Gasteiger partial charge is 0.321 e. The Bertz CT molecular complexity index is 680. The van der Waals surface area contributed by atoms with Crippen molar-refractivity contribution < 1.29 is 13.6 Å². The lowest BCUT2D eigenvalue weighted by Gasteiger charge is -2.07. The molecular weight excluding hydrogens is 252 g/mol. The summed E-state index contributed by atoms with van der Waals surface area (Å²) in [5.41, 5.74) is -0.129. The maximum atomic E-state index is 13.3. The number of nitrogens with zero attached hydrogens (tertiary/aromatic N) is 2. The van der Waals surface area contributed by atoms with Crippen LogP contribution in [0.4, 0.5) is 14.5 Å². The first-order valence-corrected chi connectivity index (χ1v) is 5.22. The molecule has 6 heteroatoms. The number of hydrogen-bond acceptors (Lipinski definition) is 3. The third kappa shape index (κ3) is 2.72. The Kier molecular flexibility index (Phi) is 3.48. The number of amides is 1. The second kappa shape index (κ2) is 5.23. The van der Waals surface area contributed by atoms with Crippen molar-refractivity contribution in [1.82, 2.24) is 4.98 Å². The molecule has 19 heavy (non-hydrogen) atoms. The van der Waals surface area contributed by atoms with Gasteiger partial charge in [0.1, 0.15) is 11.9 Å². The summed E-state index contributed by atoms with van der Waals surface area (Å²) in [4.78, 5) is 15.3. The number of carbonyl (C=O) groups is 1. The van der Waals surface area contributed by atoms with Crippen molar-refractivity contribution in [2.45, 2.75) is 0 Å². The van der Waals surface area contributed by atoms with E-state index in [0.717, 1.165) is 18.3 Å². The first-order chi connectivity index (χ1) is 9.11. The molecule has 0 atom stereocenters. The van der Waals surface area contributed by atoms with Gasteiger partial charge in [-0.1, -0.05) is 0 Å². The number of hydrogen-bond donors (Lipinski definition) is 1. The highest BCUT2D eigenvalue weighted by Crippen LogP contribution is 2.17. The van der Waals surface area contributed by atoms with E-state index in [2.05, 4.69) is 10.3 Å². The molecular formula is C13H7F2N3O. The zero-order chi connectivity index (χ0) is 13.8. The van der Waals surface area contributed by atoms with Crippen LogP contribution >= 0.6 is 0 Å². The molecule has 0 aliphatic heterocycles. The van der Waals surface area contributed by atoms with E-state index in [1.165, 1.54) is 18.3 Å². The van der Waals surface area contributed by atoms with Crippen LogP contribution in [0.25, 0.3) is 0 Å². The monoisotopic (exact) mass is 259 g/mol. The number of carbonyl (C=O) groups excluding carboxylic acids is 1. The normalized spacial score (nSPS) is 9.74. The smallest absolute Gasteiger partial charge is 0.258 e. The molecule has 0 bridgehead atoms. The number of nitrogens with one attached hydrogen (secondary N) is 1. The number of nitriles is 1. The summed E-state index contributed by atoms with van der Waals surface area (Å²) in [5.74, 6) is -2.10. The number of anilines is 1. The van der Waals surface area contributed by atoms with Crippen molar-refractivity contribution in [3.63, 3.8) is 0 Å². The van der Waals surface area contributed by atoms with Crippen LogP contribution in [0.1, 0.15) is 15.9 Å². The molecule has 94 valence electrons. The third-order valence-electron chi connectivity index (χ3n) is 2.37. The van der Waals surface area contributed by atoms with Gasteiger partial charge in [-0.2, -0.15) is 5.26 Å². The van der Waals surface area contributed by atoms with Crippen LogP contribution in [0.15, 0.2) is 36.7 Å². The summed E-state index contributed by atoms with van der Waals surface area (Å²) in [6, 6.07) is 6.28. The molecule has 1 aromatic heterocycles. The van der Waals surface area contributed by atoms with Gasteiger partial charge in [0.25, 0.3) is 5.91 Å². The maximum Gasteiger partial charge on any atom is 0.258 e. The Morgan fingerprint density at radius 1 is 1.32 bits per heavy atom. The second-order valence-electron chi connectivity index (χ2n) is 3.61. The van der Waals surface area contributed by atoms with Gasteiger partial charge in [0.2, 0.25) is 0 Å². The average Bonchev–Trinajstić information content (AvgIpc) is 2.41. The number of aromatic nitrogens is 1. The molecule has 1 aromatic carbocycles. The van der Waals surface area contributed by atoms with E-state index in [4.69, 9.17) is 5.26 Å². The van der Waals surface area contributed by atoms with Gasteiger partial charge in [-0.3, -0.25) is 9.78 Å². The van der Waals surface area contributed by atoms with Crippen molar-refractivity contribution in [3.8, 4) is 6.07 Å². The Morgan fingerprint density at radius 3 is 2.79 bits per heavy atom. The van der Waals surface area contributed by atoms with Crippen LogP contribution in [0.3, 0.4) is 0 Å². The van der Waals surface area contributed by atoms with Crippen LogP contribution in [-0.2, 0) is 0 Å². The topological polar surface area (TPSA) is 65.8 Å². The van der Waals surface area contributed by atoms with Crippen molar-refractivity contribution in [2.75, 3.05) is 5.32 Å². The molecule has 0 aliphatic rings. The predicted octanol–water partition coefficient (Wildman–Crippen LogP) is 2.48. The molecule has 0 radical (unpaired) electrons. The molecule has 0 saturated carbocycles. The lowest BCUT2D eigenvalue weighted by Crippen LogP contribution is -2.14. The van der Waals surface area contributed by atoms with E-state index >= 15 is 0 Å². The molecule has 0 unspecified atom stereocenters. The van der Waals surface area contributed by atoms with Gasteiger partial charge in [0.15, 0.2) is 5.82 Å². The molecule has 2 aromatic rings. The van der Waals surface area contributed by atoms with Gasteiger partial charge in [0, 0.05) is 6.20 Å². The summed E-state index contributed by atoms with van der Waals surface area (Å²) in [6.45, 7) is 0. The standard InChI is InChI=1S/C13H7F2N3O/c14-9-1-2-12(8(5-9)6-16)18-13(19)10-3-4-17-7-11(10)15/h1-5,7H,(H,18,19). The highest BCUT2D eigenvalue weighted by atomic mass is 19.1. The van der Waals surface area contributed by atoms with E-state index in [1.54, 1.807) is 6.07 Å². The Balaban J connectivity index is 2.30. The van der Waals surface area contributed by atoms with Gasteiger partial charge in [-0.15, -0.1) is 0 Å². The molecule has 0 spiro atoms. The highest BCUT2D eigenvalue weighted by Gasteiger charge is 2.13. The summed E-state index contributed by atoms with van der Waals surface area (Å²) in [6.07, 6.45) is 2.18. The zero-order valence-electron chi connectivity index (χ0n) is 9.52. The fourth-order valence-corrected chi connectivity index (χ4v) is 1.47. The number of halogens is 2. The Hall–Kier alpha value is -2.81. The van der Waals surface area contributed by atoms with Gasteiger partial charge < -0.3 is 5.32 Å². The maximum absolute atomic E-state index is 13.3. The summed E-state index contributed by atoms with van der Waals surface area (Å²) < 4.78 is 26.3. The van der Waals surface area contributed by atoms with Gasteiger partial charge in [0.05, 0.1) is 23.0 Å². The number of rotatable bonds is 2. The highest BCUT2D eigenvalue weighted by molar-refractivity contribution is 6.05. The SMILES string of the molecule is N#Cc1cc(F)ccc1NC(=O)c1ccncc1F. The third-order valence-corrected chi connectivity index (χ3v) is 2.37. The minimum atomic E-state index is -0.777. The second-order valence-corrected chi connectivity index (χ2v) is 3.61. The van der Waals surface area contributed by atoms with Crippen molar-refractivity contribution in [3.05, 3.63) is 59.4 Å². The van der Waals surface area contributed by atoms with Crippen LogP contribution in [0.2, 0.25) is 0 Å². The first kappa shape index (κ1) is 12.6. The molecule has 0 saturated heterocycles. The lowest BCUT2D eigenvalue weighted by molar-refractivity contribution is 0.102. The van der Waals surface area contributed by atoms with Crippen molar-refractivity contribution in [1.29, 1.82) is 5.26 Å². The van der Waals surface area contributed by atoms with Crippen molar-refractivity contribution in [2.24, 2.45) is 0 Å². The van der Waals surface area contributed by atoms with E-state index in [0.29, 0.717) is 0 Å². The molecule has 1 N–H and O–H groups in total. The number of benzene rings is 1. The van der Waals surface area contributed by atoms with Crippen LogP contribution in [-0.4, -0.2) is 10.9 Å². The minimum absolute atomic E-state index is 0.0391. The van der Waals surface area contributed by atoms with Gasteiger partial charge in [-0.05, 0) is 24.3 Å². The molecule has 1 heterocycles. The quantitative estimate of drug-likeness (QED) is 0.901. The van der Waals surface area contributed by atoms with Crippen LogP contribution in [0.5, 0.6) is 0 Å². The van der Waals surface area contributed by atoms with E-state index in [1.807, 2.05) is 0 Å². The predicted molar refractivity (Wildman–Crippen MR) is 63.3 cm³/mol. The Morgan fingerprint density at radius 2 is 2.11 bits per heavy atom. The Labute approximate surface area is 107 Å².